The van der Waals surface area contributed by atoms with Crippen molar-refractivity contribution in [3.8, 4) is 0 Å². The summed E-state index contributed by atoms with van der Waals surface area (Å²) in [5.41, 5.74) is 0. The van der Waals surface area contributed by atoms with Crippen LogP contribution >= 0.6 is 0 Å². The summed E-state index contributed by atoms with van der Waals surface area (Å²) in [5, 5.41) is 37.7. The van der Waals surface area contributed by atoms with Gasteiger partial charge in [-0.15, -0.1) is 0 Å². The number of hydrogen-bond acceptors (Lipinski definition) is 7. The average Bonchev–Trinajstić information content (AvgIpc) is 2.39. The molecular formula is C12H22O7. The number of ether oxygens (including phenoxy) is 2. The maximum absolute atomic E-state index is 11.5. The van der Waals surface area contributed by atoms with Gasteiger partial charge in [-0.3, -0.25) is 4.79 Å². The third-order valence-electron chi connectivity index (χ3n) is 3.08. The summed E-state index contributed by atoms with van der Waals surface area (Å²) < 4.78 is 9.96. The average molecular weight is 278 g/mol. The predicted octanol–water partition coefficient (Wildman–Crippen LogP) is -1.09. The van der Waals surface area contributed by atoms with Crippen molar-refractivity contribution in [1.29, 1.82) is 0 Å². The molecule has 0 aromatic heterocycles. The van der Waals surface area contributed by atoms with Crippen molar-refractivity contribution >= 4 is 5.97 Å². The molecule has 1 aliphatic rings. The first-order valence-electron chi connectivity index (χ1n) is 6.51. The van der Waals surface area contributed by atoms with E-state index in [0.29, 0.717) is 6.42 Å². The van der Waals surface area contributed by atoms with Gasteiger partial charge in [0.25, 0.3) is 0 Å². The fraction of sp³-hybridized carbons (Fsp3) is 0.917. The van der Waals surface area contributed by atoms with Crippen LogP contribution in [0.1, 0.15) is 32.6 Å². The highest BCUT2D eigenvalue weighted by Gasteiger charge is 2.45. The van der Waals surface area contributed by atoms with Gasteiger partial charge in [0.2, 0.25) is 6.29 Å². The normalized spacial score (nSPS) is 35.1. The van der Waals surface area contributed by atoms with Gasteiger partial charge in [-0.05, 0) is 6.42 Å². The molecule has 7 heteroatoms. The lowest BCUT2D eigenvalue weighted by Gasteiger charge is -2.39. The first-order chi connectivity index (χ1) is 9.01. The van der Waals surface area contributed by atoms with Crippen LogP contribution in [0, 0.1) is 0 Å². The molecule has 0 aromatic carbocycles. The van der Waals surface area contributed by atoms with Gasteiger partial charge in [0.15, 0.2) is 0 Å². The minimum absolute atomic E-state index is 0.197. The van der Waals surface area contributed by atoms with Gasteiger partial charge >= 0.3 is 5.97 Å². The second-order valence-corrected chi connectivity index (χ2v) is 4.64. The number of unbranched alkanes of at least 4 members (excludes halogenated alkanes) is 2. The summed E-state index contributed by atoms with van der Waals surface area (Å²) in [6, 6.07) is 0. The Balaban J connectivity index is 2.49. The third-order valence-corrected chi connectivity index (χ3v) is 3.08. The topological polar surface area (TPSA) is 116 Å². The molecule has 112 valence electrons. The molecule has 0 aromatic rings. The van der Waals surface area contributed by atoms with Gasteiger partial charge in [-0.2, -0.15) is 0 Å². The summed E-state index contributed by atoms with van der Waals surface area (Å²) in [4.78, 5) is 11.5. The monoisotopic (exact) mass is 278 g/mol. The number of esters is 1. The lowest BCUT2D eigenvalue weighted by molar-refractivity contribution is -0.292. The van der Waals surface area contributed by atoms with Crippen LogP contribution in [0.2, 0.25) is 0 Å². The van der Waals surface area contributed by atoms with Crippen molar-refractivity contribution in [3.05, 3.63) is 0 Å². The van der Waals surface area contributed by atoms with Crippen LogP contribution < -0.4 is 0 Å². The van der Waals surface area contributed by atoms with Gasteiger partial charge in [0.05, 0.1) is 6.61 Å². The number of hydrogen-bond donors (Lipinski definition) is 4. The van der Waals surface area contributed by atoms with Crippen LogP contribution in [0.4, 0.5) is 0 Å². The van der Waals surface area contributed by atoms with Crippen LogP contribution in [0.25, 0.3) is 0 Å². The van der Waals surface area contributed by atoms with E-state index < -0.39 is 43.3 Å². The van der Waals surface area contributed by atoms with Crippen molar-refractivity contribution in [2.45, 2.75) is 63.3 Å². The second kappa shape index (κ2) is 7.76. The third kappa shape index (κ3) is 4.39. The quantitative estimate of drug-likeness (QED) is 0.360. The van der Waals surface area contributed by atoms with E-state index in [2.05, 4.69) is 0 Å². The number of aliphatic hydroxyl groups excluding tert-OH is 4. The smallest absolute Gasteiger partial charge is 0.308 e. The Morgan fingerprint density at radius 3 is 2.42 bits per heavy atom. The lowest BCUT2D eigenvalue weighted by Crippen LogP contribution is -2.59. The van der Waals surface area contributed by atoms with E-state index in [-0.39, 0.29) is 6.42 Å². The summed E-state index contributed by atoms with van der Waals surface area (Å²) in [5.74, 6) is -0.544. The van der Waals surface area contributed by atoms with E-state index in [1.54, 1.807) is 0 Å². The fourth-order valence-electron chi connectivity index (χ4n) is 1.87. The summed E-state index contributed by atoms with van der Waals surface area (Å²) in [7, 11) is 0. The van der Waals surface area contributed by atoms with Crippen molar-refractivity contribution in [2.75, 3.05) is 6.61 Å². The maximum atomic E-state index is 11.5. The Bertz CT molecular complexity index is 281. The number of rotatable bonds is 6. The van der Waals surface area contributed by atoms with Gasteiger partial charge in [0.1, 0.15) is 24.4 Å². The van der Waals surface area contributed by atoms with E-state index in [9.17, 15) is 20.1 Å². The molecule has 1 aliphatic heterocycles. The van der Waals surface area contributed by atoms with E-state index in [4.69, 9.17) is 14.6 Å². The Kier molecular flexibility index (Phi) is 6.67. The molecule has 1 fully saturated rings. The molecule has 0 radical (unpaired) electrons. The maximum Gasteiger partial charge on any atom is 0.308 e. The molecule has 0 saturated carbocycles. The van der Waals surface area contributed by atoms with Crippen LogP contribution in [-0.2, 0) is 14.3 Å². The second-order valence-electron chi connectivity index (χ2n) is 4.64. The molecule has 4 N–H and O–H groups in total. The molecule has 0 aliphatic carbocycles. The molecule has 0 amide bonds. The van der Waals surface area contributed by atoms with Crippen LogP contribution in [0.5, 0.6) is 0 Å². The Hall–Kier alpha value is -0.730. The van der Waals surface area contributed by atoms with E-state index in [0.717, 1.165) is 12.8 Å². The predicted molar refractivity (Wildman–Crippen MR) is 64.0 cm³/mol. The Labute approximate surface area is 111 Å². The highest BCUT2D eigenvalue weighted by molar-refractivity contribution is 5.69. The minimum Gasteiger partial charge on any atom is -0.433 e. The molecule has 1 saturated heterocycles. The number of carbonyl (C=O) groups excluding carboxylic acids is 1. The number of carbonyl (C=O) groups is 1. The zero-order chi connectivity index (χ0) is 14.4. The molecule has 7 nitrogen and oxygen atoms in total. The van der Waals surface area contributed by atoms with Crippen molar-refractivity contribution in [2.24, 2.45) is 0 Å². The zero-order valence-corrected chi connectivity index (χ0v) is 10.9. The first kappa shape index (κ1) is 16.3. The van der Waals surface area contributed by atoms with Crippen molar-refractivity contribution in [3.63, 3.8) is 0 Å². The molecule has 1 unspecified atom stereocenters. The van der Waals surface area contributed by atoms with Crippen LogP contribution in [0.3, 0.4) is 0 Å². The zero-order valence-electron chi connectivity index (χ0n) is 10.9. The molecule has 19 heavy (non-hydrogen) atoms. The van der Waals surface area contributed by atoms with E-state index >= 15 is 0 Å². The molecule has 0 spiro atoms. The van der Waals surface area contributed by atoms with Crippen molar-refractivity contribution < 1.29 is 34.7 Å². The highest BCUT2D eigenvalue weighted by atomic mass is 16.7. The Morgan fingerprint density at radius 1 is 1.16 bits per heavy atom. The standard InChI is InChI=1S/C12H22O7/c1-2-3-4-5-8(14)19-12-11(17)10(16)9(15)7(6-13)18-12/h7,9-13,15-17H,2-6H2,1H3/t7-,9+,10+,11-,12?/m1/s1. The SMILES string of the molecule is CCCCCC(=O)OC1O[C@H](CO)[C@H](O)[C@H](O)[C@H]1O. The number of aliphatic hydroxyl groups is 4. The summed E-state index contributed by atoms with van der Waals surface area (Å²) in [6.45, 7) is 1.46. The summed E-state index contributed by atoms with van der Waals surface area (Å²) in [6.07, 6.45) is -4.22. The van der Waals surface area contributed by atoms with E-state index in [1.165, 1.54) is 0 Å². The van der Waals surface area contributed by atoms with Crippen molar-refractivity contribution in [1.82, 2.24) is 0 Å². The lowest BCUT2D eigenvalue weighted by atomic mass is 9.99. The largest absolute Gasteiger partial charge is 0.433 e. The van der Waals surface area contributed by atoms with Crippen LogP contribution in [0.15, 0.2) is 0 Å². The Morgan fingerprint density at radius 2 is 1.84 bits per heavy atom. The molecule has 1 heterocycles. The summed E-state index contributed by atoms with van der Waals surface area (Å²) >= 11 is 0. The van der Waals surface area contributed by atoms with Gasteiger partial charge in [0, 0.05) is 6.42 Å². The van der Waals surface area contributed by atoms with Crippen LogP contribution in [-0.4, -0.2) is 63.7 Å². The van der Waals surface area contributed by atoms with Gasteiger partial charge in [-0.25, -0.2) is 0 Å². The first-order valence-corrected chi connectivity index (χ1v) is 6.51. The molecule has 0 bridgehead atoms. The van der Waals surface area contributed by atoms with Gasteiger partial charge < -0.3 is 29.9 Å². The minimum atomic E-state index is -1.53. The molecule has 5 atom stereocenters. The fourth-order valence-corrected chi connectivity index (χ4v) is 1.87. The van der Waals surface area contributed by atoms with Gasteiger partial charge in [-0.1, -0.05) is 19.8 Å². The van der Waals surface area contributed by atoms with E-state index in [1.807, 2.05) is 6.92 Å². The molecule has 1 rings (SSSR count). The highest BCUT2D eigenvalue weighted by Crippen LogP contribution is 2.22. The molecular weight excluding hydrogens is 256 g/mol.